The number of hydrogen-bond donors (Lipinski definition) is 3. The number of halogens is 3. The average molecular weight is 270 g/mol. The highest BCUT2D eigenvalue weighted by Gasteiger charge is 2.18. The molecule has 1 aromatic heterocycles. The molecule has 1 amide bonds. The van der Waals surface area contributed by atoms with Gasteiger partial charge >= 0.3 is 0 Å². The third-order valence-electron chi connectivity index (χ3n) is 2.47. The number of H-pyrrole nitrogens is 1. The van der Waals surface area contributed by atoms with Crippen LogP contribution in [-0.2, 0) is 6.54 Å². The summed E-state index contributed by atoms with van der Waals surface area (Å²) in [5.41, 5.74) is 5.40. The number of hydrogen-bond acceptors (Lipinski definition) is 3. The molecular formula is C11H9F3N4O. The molecule has 0 radical (unpaired) electrons. The lowest BCUT2D eigenvalue weighted by Gasteiger charge is -2.06. The van der Waals surface area contributed by atoms with Crippen LogP contribution in [0.15, 0.2) is 18.3 Å². The van der Waals surface area contributed by atoms with E-state index in [4.69, 9.17) is 5.73 Å². The fourth-order valence-corrected chi connectivity index (χ4v) is 1.43. The number of rotatable bonds is 3. The molecule has 0 saturated carbocycles. The van der Waals surface area contributed by atoms with Crippen molar-refractivity contribution in [3.8, 4) is 0 Å². The van der Waals surface area contributed by atoms with Crippen LogP contribution in [0.5, 0.6) is 0 Å². The van der Waals surface area contributed by atoms with Gasteiger partial charge in [0.05, 0.1) is 11.8 Å². The monoisotopic (exact) mass is 270 g/mol. The molecule has 2 aromatic rings. The van der Waals surface area contributed by atoms with Gasteiger partial charge in [-0.15, -0.1) is 0 Å². The van der Waals surface area contributed by atoms with E-state index in [-0.39, 0.29) is 12.4 Å². The molecule has 8 heteroatoms. The van der Waals surface area contributed by atoms with Crippen LogP contribution < -0.4 is 11.1 Å². The Morgan fingerprint density at radius 1 is 1.32 bits per heavy atom. The molecule has 0 aliphatic rings. The fourth-order valence-electron chi connectivity index (χ4n) is 1.43. The number of nitrogen functional groups attached to an aromatic ring is 1. The molecule has 5 nitrogen and oxygen atoms in total. The van der Waals surface area contributed by atoms with Crippen molar-refractivity contribution in [1.82, 2.24) is 15.5 Å². The van der Waals surface area contributed by atoms with Crippen LogP contribution in [0, 0.1) is 17.5 Å². The first kappa shape index (κ1) is 12.9. The van der Waals surface area contributed by atoms with Gasteiger partial charge in [0.2, 0.25) is 0 Å². The van der Waals surface area contributed by atoms with Gasteiger partial charge in [0.1, 0.15) is 5.82 Å². The molecule has 1 heterocycles. The Hall–Kier alpha value is -2.51. The van der Waals surface area contributed by atoms with E-state index in [9.17, 15) is 18.0 Å². The van der Waals surface area contributed by atoms with E-state index in [2.05, 4.69) is 15.5 Å². The van der Waals surface area contributed by atoms with E-state index in [1.807, 2.05) is 0 Å². The quantitative estimate of drug-likeness (QED) is 0.736. The second-order valence-electron chi connectivity index (χ2n) is 3.71. The van der Waals surface area contributed by atoms with E-state index in [1.54, 1.807) is 0 Å². The lowest BCUT2D eigenvalue weighted by atomic mass is 10.2. The van der Waals surface area contributed by atoms with Crippen molar-refractivity contribution in [2.24, 2.45) is 0 Å². The molecule has 4 N–H and O–H groups in total. The maximum Gasteiger partial charge on any atom is 0.254 e. The molecule has 1 aromatic carbocycles. The number of nitrogens with two attached hydrogens (primary N) is 1. The summed E-state index contributed by atoms with van der Waals surface area (Å²) in [6.07, 6.45) is 1.39. The molecule has 0 atom stereocenters. The first-order valence-corrected chi connectivity index (χ1v) is 5.20. The Bertz CT molecular complexity index is 626. The highest BCUT2D eigenvalue weighted by Crippen LogP contribution is 2.15. The molecule has 100 valence electrons. The van der Waals surface area contributed by atoms with Crippen LogP contribution in [0.25, 0.3) is 0 Å². The highest BCUT2D eigenvalue weighted by molar-refractivity contribution is 5.94. The predicted octanol–water partition coefficient (Wildman–Crippen LogP) is 1.34. The molecular weight excluding hydrogens is 261 g/mol. The van der Waals surface area contributed by atoms with Gasteiger partial charge in [-0.1, -0.05) is 0 Å². The molecule has 0 unspecified atom stereocenters. The van der Waals surface area contributed by atoms with E-state index in [0.717, 1.165) is 6.07 Å². The van der Waals surface area contributed by atoms with Crippen LogP contribution in [0.4, 0.5) is 19.0 Å². The summed E-state index contributed by atoms with van der Waals surface area (Å²) in [7, 11) is 0. The van der Waals surface area contributed by atoms with Crippen LogP contribution in [-0.4, -0.2) is 16.1 Å². The summed E-state index contributed by atoms with van der Waals surface area (Å²) in [6, 6.07) is 1.54. The SMILES string of the molecule is Nc1[nH]ncc1CNC(=O)c1ccc(F)c(F)c1F. The van der Waals surface area contributed by atoms with Gasteiger partial charge in [-0.2, -0.15) is 5.10 Å². The molecule has 0 spiro atoms. The molecule has 0 saturated heterocycles. The van der Waals surface area contributed by atoms with E-state index in [0.29, 0.717) is 11.6 Å². The van der Waals surface area contributed by atoms with E-state index >= 15 is 0 Å². The summed E-state index contributed by atoms with van der Waals surface area (Å²) in [5, 5.41) is 8.41. The lowest BCUT2D eigenvalue weighted by molar-refractivity contribution is 0.0945. The number of carbonyl (C=O) groups is 1. The second kappa shape index (κ2) is 5.01. The Balaban J connectivity index is 2.13. The number of anilines is 1. The normalized spacial score (nSPS) is 10.5. The van der Waals surface area contributed by atoms with Crippen LogP contribution in [0.2, 0.25) is 0 Å². The minimum atomic E-state index is -1.68. The van der Waals surface area contributed by atoms with E-state index in [1.165, 1.54) is 6.20 Å². The lowest BCUT2D eigenvalue weighted by Crippen LogP contribution is -2.24. The average Bonchev–Trinajstić information content (AvgIpc) is 2.79. The first-order valence-electron chi connectivity index (χ1n) is 5.20. The maximum atomic E-state index is 13.3. The Morgan fingerprint density at radius 2 is 2.05 bits per heavy atom. The van der Waals surface area contributed by atoms with Gasteiger partial charge in [0, 0.05) is 12.1 Å². The molecule has 2 rings (SSSR count). The fraction of sp³-hybridized carbons (Fsp3) is 0.0909. The van der Waals surface area contributed by atoms with Gasteiger partial charge in [-0.3, -0.25) is 9.89 Å². The topological polar surface area (TPSA) is 83.8 Å². The van der Waals surface area contributed by atoms with Crippen molar-refractivity contribution in [1.29, 1.82) is 0 Å². The molecule has 0 fully saturated rings. The van der Waals surface area contributed by atoms with Gasteiger partial charge in [-0.25, -0.2) is 13.2 Å². The third-order valence-corrected chi connectivity index (χ3v) is 2.47. The summed E-state index contributed by atoms with van der Waals surface area (Å²) in [5.74, 6) is -5.19. The van der Waals surface area contributed by atoms with Crippen molar-refractivity contribution in [2.75, 3.05) is 5.73 Å². The summed E-state index contributed by atoms with van der Waals surface area (Å²) < 4.78 is 39.0. The minimum Gasteiger partial charge on any atom is -0.384 e. The van der Waals surface area contributed by atoms with Gasteiger partial charge in [0.15, 0.2) is 17.5 Å². The largest absolute Gasteiger partial charge is 0.384 e. The van der Waals surface area contributed by atoms with Crippen molar-refractivity contribution in [3.63, 3.8) is 0 Å². The summed E-state index contributed by atoms with van der Waals surface area (Å²) in [6.45, 7) is -0.0143. The molecule has 0 bridgehead atoms. The zero-order valence-corrected chi connectivity index (χ0v) is 9.51. The van der Waals surface area contributed by atoms with Crippen molar-refractivity contribution in [2.45, 2.75) is 6.54 Å². The van der Waals surface area contributed by atoms with Crippen molar-refractivity contribution in [3.05, 3.63) is 46.9 Å². The molecule has 19 heavy (non-hydrogen) atoms. The Morgan fingerprint density at radius 3 is 2.68 bits per heavy atom. The number of aromatic nitrogens is 2. The first-order chi connectivity index (χ1) is 9.00. The Labute approximate surface area is 105 Å². The predicted molar refractivity (Wildman–Crippen MR) is 60.5 cm³/mol. The Kier molecular flexibility index (Phi) is 3.41. The maximum absolute atomic E-state index is 13.3. The number of nitrogens with zero attached hydrogens (tertiary/aromatic N) is 1. The van der Waals surface area contributed by atoms with E-state index < -0.39 is 28.9 Å². The molecule has 0 aliphatic carbocycles. The molecule has 0 aliphatic heterocycles. The second-order valence-corrected chi connectivity index (χ2v) is 3.71. The highest BCUT2D eigenvalue weighted by atomic mass is 19.2. The van der Waals surface area contributed by atoms with Crippen LogP contribution in [0.1, 0.15) is 15.9 Å². The van der Waals surface area contributed by atoms with Crippen molar-refractivity contribution < 1.29 is 18.0 Å². The summed E-state index contributed by atoms with van der Waals surface area (Å²) >= 11 is 0. The minimum absolute atomic E-state index is 0.0143. The number of amides is 1. The number of benzene rings is 1. The zero-order chi connectivity index (χ0) is 14.0. The third kappa shape index (κ3) is 2.51. The smallest absolute Gasteiger partial charge is 0.254 e. The number of carbonyl (C=O) groups excluding carboxylic acids is 1. The van der Waals surface area contributed by atoms with Gasteiger partial charge in [-0.05, 0) is 12.1 Å². The number of nitrogens with one attached hydrogen (secondary N) is 2. The van der Waals surface area contributed by atoms with Crippen LogP contribution >= 0.6 is 0 Å². The standard InChI is InChI=1S/C11H9F3N4O/c12-7-2-1-6(8(13)9(7)14)11(19)16-3-5-4-17-18-10(5)15/h1-2,4H,3H2,(H,16,19)(H3,15,17,18). The summed E-state index contributed by atoms with van der Waals surface area (Å²) in [4.78, 5) is 11.6. The number of aromatic amines is 1. The van der Waals surface area contributed by atoms with Gasteiger partial charge < -0.3 is 11.1 Å². The zero-order valence-electron chi connectivity index (χ0n) is 9.51. The van der Waals surface area contributed by atoms with Gasteiger partial charge in [0.25, 0.3) is 5.91 Å². The van der Waals surface area contributed by atoms with Crippen molar-refractivity contribution >= 4 is 11.7 Å². The van der Waals surface area contributed by atoms with Crippen LogP contribution in [0.3, 0.4) is 0 Å².